The van der Waals surface area contributed by atoms with Crippen molar-refractivity contribution in [3.63, 3.8) is 0 Å². The molecule has 32 heavy (non-hydrogen) atoms. The number of halogens is 3. The van der Waals surface area contributed by atoms with E-state index >= 15 is 0 Å². The third-order valence-corrected chi connectivity index (χ3v) is 5.79. The third-order valence-electron chi connectivity index (χ3n) is 5.79. The summed E-state index contributed by atoms with van der Waals surface area (Å²) in [6, 6.07) is 7.34. The predicted octanol–water partition coefficient (Wildman–Crippen LogP) is 3.17. The number of aromatic nitrogens is 3. The summed E-state index contributed by atoms with van der Waals surface area (Å²) < 4.78 is 52.4. The molecule has 2 aromatic heterocycles. The monoisotopic (exact) mass is 447 g/mol. The highest BCUT2D eigenvalue weighted by Gasteiger charge is 2.30. The molecule has 1 aromatic carbocycles. The number of morpholine rings is 2. The Morgan fingerprint density at radius 1 is 0.875 bits per heavy atom. The van der Waals surface area contributed by atoms with Gasteiger partial charge in [-0.1, -0.05) is 12.1 Å². The molecule has 2 fully saturated rings. The second-order valence-corrected chi connectivity index (χ2v) is 7.92. The van der Waals surface area contributed by atoms with Crippen LogP contribution in [0.15, 0.2) is 36.5 Å². The van der Waals surface area contributed by atoms with Gasteiger partial charge >= 0.3 is 6.18 Å². The number of ether oxygens (including phenoxy) is 2. The fraction of sp³-hybridized carbons (Fsp3) is 0.455. The second kappa shape index (κ2) is 8.59. The summed E-state index contributed by atoms with van der Waals surface area (Å²) in [7, 11) is 0. The van der Waals surface area contributed by atoms with Gasteiger partial charge in [0, 0.05) is 38.9 Å². The van der Waals surface area contributed by atoms with Gasteiger partial charge in [-0.05, 0) is 23.8 Å². The van der Waals surface area contributed by atoms with Crippen molar-refractivity contribution in [3.8, 4) is 0 Å². The molecule has 4 heterocycles. The quantitative estimate of drug-likeness (QED) is 0.613. The van der Waals surface area contributed by atoms with Crippen molar-refractivity contribution in [2.24, 2.45) is 0 Å². The van der Waals surface area contributed by atoms with Gasteiger partial charge in [0.1, 0.15) is 5.52 Å². The van der Waals surface area contributed by atoms with E-state index in [1.54, 1.807) is 6.07 Å². The van der Waals surface area contributed by atoms with Crippen molar-refractivity contribution in [1.82, 2.24) is 14.5 Å². The fourth-order valence-corrected chi connectivity index (χ4v) is 4.15. The SMILES string of the molecule is FC(F)(F)c1cccc(Cn2ccc3nc(N4CCOCC4)nc(N4CCOCC4)c32)c1. The lowest BCUT2D eigenvalue weighted by atomic mass is 10.1. The topological polar surface area (TPSA) is 55.7 Å². The number of benzene rings is 1. The highest BCUT2D eigenvalue weighted by atomic mass is 19.4. The highest BCUT2D eigenvalue weighted by molar-refractivity contribution is 5.88. The molecule has 0 aliphatic carbocycles. The smallest absolute Gasteiger partial charge is 0.378 e. The summed E-state index contributed by atoms with van der Waals surface area (Å²) in [5, 5.41) is 0. The van der Waals surface area contributed by atoms with Gasteiger partial charge in [-0.2, -0.15) is 18.2 Å². The van der Waals surface area contributed by atoms with Crippen LogP contribution in [-0.4, -0.2) is 67.1 Å². The van der Waals surface area contributed by atoms with Gasteiger partial charge in [-0.25, -0.2) is 4.98 Å². The molecule has 0 spiro atoms. The largest absolute Gasteiger partial charge is 0.416 e. The summed E-state index contributed by atoms with van der Waals surface area (Å²) in [6.07, 6.45) is -2.50. The Kier molecular flexibility index (Phi) is 5.64. The Bertz CT molecular complexity index is 1090. The lowest BCUT2D eigenvalue weighted by Gasteiger charge is -2.31. The Morgan fingerprint density at radius 2 is 1.56 bits per heavy atom. The zero-order valence-electron chi connectivity index (χ0n) is 17.5. The first-order valence-corrected chi connectivity index (χ1v) is 10.7. The van der Waals surface area contributed by atoms with Gasteiger partial charge in [0.15, 0.2) is 5.82 Å². The number of alkyl halides is 3. The van der Waals surface area contributed by atoms with Crippen molar-refractivity contribution in [2.75, 3.05) is 62.4 Å². The number of hydrogen-bond acceptors (Lipinski definition) is 6. The molecular formula is C22H24F3N5O2. The van der Waals surface area contributed by atoms with E-state index in [1.807, 2.05) is 16.8 Å². The molecule has 2 aliphatic heterocycles. The molecule has 0 N–H and O–H groups in total. The number of nitrogens with zero attached hydrogens (tertiary/aromatic N) is 5. The number of anilines is 2. The average Bonchev–Trinajstić information content (AvgIpc) is 3.22. The lowest BCUT2D eigenvalue weighted by molar-refractivity contribution is -0.137. The van der Waals surface area contributed by atoms with Crippen LogP contribution in [0.5, 0.6) is 0 Å². The van der Waals surface area contributed by atoms with E-state index < -0.39 is 11.7 Å². The van der Waals surface area contributed by atoms with Crippen LogP contribution in [0.2, 0.25) is 0 Å². The van der Waals surface area contributed by atoms with Gasteiger partial charge in [-0.15, -0.1) is 0 Å². The minimum absolute atomic E-state index is 0.297. The van der Waals surface area contributed by atoms with E-state index in [0.29, 0.717) is 57.6 Å². The van der Waals surface area contributed by atoms with Crippen molar-refractivity contribution in [3.05, 3.63) is 47.7 Å². The second-order valence-electron chi connectivity index (χ2n) is 7.92. The summed E-state index contributed by atoms with van der Waals surface area (Å²) in [4.78, 5) is 14.0. The normalized spacial score (nSPS) is 17.8. The van der Waals surface area contributed by atoms with E-state index in [1.165, 1.54) is 12.1 Å². The maximum Gasteiger partial charge on any atom is 0.416 e. The molecule has 170 valence electrons. The zero-order chi connectivity index (χ0) is 22.1. The highest BCUT2D eigenvalue weighted by Crippen LogP contribution is 2.32. The Balaban J connectivity index is 1.55. The van der Waals surface area contributed by atoms with Crippen molar-refractivity contribution < 1.29 is 22.6 Å². The molecule has 0 radical (unpaired) electrons. The first kappa shape index (κ1) is 21.0. The lowest BCUT2D eigenvalue weighted by Crippen LogP contribution is -2.39. The van der Waals surface area contributed by atoms with Crippen molar-refractivity contribution in [1.29, 1.82) is 0 Å². The third kappa shape index (κ3) is 4.24. The van der Waals surface area contributed by atoms with Gasteiger partial charge in [0.05, 0.1) is 37.5 Å². The molecule has 0 bridgehead atoms. The van der Waals surface area contributed by atoms with Crippen LogP contribution in [0, 0.1) is 0 Å². The van der Waals surface area contributed by atoms with E-state index in [0.717, 1.165) is 36.0 Å². The maximum absolute atomic E-state index is 13.2. The van der Waals surface area contributed by atoms with Crippen molar-refractivity contribution in [2.45, 2.75) is 12.7 Å². The summed E-state index contributed by atoms with van der Waals surface area (Å²) >= 11 is 0. The summed E-state index contributed by atoms with van der Waals surface area (Å²) in [5.41, 5.74) is 1.52. The Morgan fingerprint density at radius 3 is 2.25 bits per heavy atom. The van der Waals surface area contributed by atoms with E-state index in [-0.39, 0.29) is 0 Å². The van der Waals surface area contributed by atoms with Crippen LogP contribution >= 0.6 is 0 Å². The van der Waals surface area contributed by atoms with E-state index in [9.17, 15) is 13.2 Å². The molecule has 0 amide bonds. The van der Waals surface area contributed by atoms with E-state index in [4.69, 9.17) is 19.4 Å². The molecule has 0 atom stereocenters. The summed E-state index contributed by atoms with van der Waals surface area (Å²) in [6.45, 7) is 5.60. The van der Waals surface area contributed by atoms with Gasteiger partial charge in [0.25, 0.3) is 0 Å². The molecule has 0 saturated carbocycles. The zero-order valence-corrected chi connectivity index (χ0v) is 17.5. The molecular weight excluding hydrogens is 423 g/mol. The maximum atomic E-state index is 13.2. The minimum atomic E-state index is -4.37. The van der Waals surface area contributed by atoms with Gasteiger partial charge in [0.2, 0.25) is 5.95 Å². The molecule has 2 aliphatic rings. The van der Waals surface area contributed by atoms with Gasteiger partial charge < -0.3 is 23.8 Å². The molecule has 2 saturated heterocycles. The first-order chi connectivity index (χ1) is 15.5. The minimum Gasteiger partial charge on any atom is -0.378 e. The number of rotatable bonds is 4. The molecule has 3 aromatic rings. The molecule has 7 nitrogen and oxygen atoms in total. The van der Waals surface area contributed by atoms with Crippen LogP contribution in [0.1, 0.15) is 11.1 Å². The summed E-state index contributed by atoms with van der Waals surface area (Å²) in [5.74, 6) is 1.44. The van der Waals surface area contributed by atoms with Crippen LogP contribution in [0.25, 0.3) is 11.0 Å². The number of fused-ring (bicyclic) bond motifs is 1. The predicted molar refractivity (Wildman–Crippen MR) is 114 cm³/mol. The average molecular weight is 447 g/mol. The Hall–Kier alpha value is -2.85. The molecule has 5 rings (SSSR count). The van der Waals surface area contributed by atoms with Crippen molar-refractivity contribution >= 4 is 22.8 Å². The van der Waals surface area contributed by atoms with Crippen LogP contribution in [0.3, 0.4) is 0 Å². The van der Waals surface area contributed by atoms with Crippen LogP contribution in [0.4, 0.5) is 24.9 Å². The van der Waals surface area contributed by atoms with E-state index in [2.05, 4.69) is 9.80 Å². The molecule has 10 heteroatoms. The fourth-order valence-electron chi connectivity index (χ4n) is 4.15. The van der Waals surface area contributed by atoms with Gasteiger partial charge in [-0.3, -0.25) is 0 Å². The van der Waals surface area contributed by atoms with Crippen LogP contribution < -0.4 is 9.80 Å². The van der Waals surface area contributed by atoms with Crippen LogP contribution in [-0.2, 0) is 22.2 Å². The Labute approximate surface area is 183 Å². The first-order valence-electron chi connectivity index (χ1n) is 10.7. The molecule has 0 unspecified atom stereocenters. The standard InChI is InChI=1S/C22H24F3N5O2/c23-22(24,25)17-3-1-2-16(14-17)15-30-5-4-18-19(30)20(28-6-10-31-11-7-28)27-21(26-18)29-8-12-32-13-9-29/h1-5,14H,6-13,15H2. The number of hydrogen-bond donors (Lipinski definition) is 0.